The van der Waals surface area contributed by atoms with Gasteiger partial charge in [-0.15, -0.1) is 0 Å². The lowest BCUT2D eigenvalue weighted by molar-refractivity contribution is -0.145. The number of rotatable bonds is 6. The highest BCUT2D eigenvalue weighted by atomic mass is 19.1. The van der Waals surface area contributed by atoms with Crippen LogP contribution >= 0.6 is 0 Å². The second-order valence-electron chi connectivity index (χ2n) is 3.76. The van der Waals surface area contributed by atoms with E-state index in [9.17, 15) is 14.3 Å². The van der Waals surface area contributed by atoms with E-state index >= 15 is 0 Å². The number of hydrogen-bond acceptors (Lipinski definition) is 5. The third-order valence-electron chi connectivity index (χ3n) is 2.51. The van der Waals surface area contributed by atoms with Crippen LogP contribution in [-0.4, -0.2) is 31.9 Å². The summed E-state index contributed by atoms with van der Waals surface area (Å²) in [5.74, 6) is -1.11. The average molecular weight is 272 g/mol. The van der Waals surface area contributed by atoms with Gasteiger partial charge in [0.2, 0.25) is 0 Å². The molecular weight excluding hydrogens is 255 g/mol. The van der Waals surface area contributed by atoms with Gasteiger partial charge in [-0.2, -0.15) is 0 Å². The molecule has 0 spiro atoms. The molecule has 1 atom stereocenters. The first kappa shape index (κ1) is 15.2. The van der Waals surface area contributed by atoms with Crippen LogP contribution in [0.15, 0.2) is 12.1 Å². The molecule has 106 valence electrons. The highest BCUT2D eigenvalue weighted by Crippen LogP contribution is 2.34. The number of carbonyl (C=O) groups is 1. The monoisotopic (exact) mass is 272 g/mol. The van der Waals surface area contributed by atoms with Crippen molar-refractivity contribution in [1.82, 2.24) is 0 Å². The highest BCUT2D eigenvalue weighted by Gasteiger charge is 2.19. The van der Waals surface area contributed by atoms with Crippen molar-refractivity contribution in [3.05, 3.63) is 23.5 Å². The molecule has 0 amide bonds. The van der Waals surface area contributed by atoms with E-state index in [4.69, 9.17) is 14.2 Å². The maximum absolute atomic E-state index is 13.7. The lowest BCUT2D eigenvalue weighted by Crippen LogP contribution is -2.10. The average Bonchev–Trinajstić information content (AvgIpc) is 2.37. The van der Waals surface area contributed by atoms with Crippen LogP contribution in [-0.2, 0) is 9.53 Å². The minimum atomic E-state index is -1.16. The van der Waals surface area contributed by atoms with Gasteiger partial charge in [0, 0.05) is 0 Å². The zero-order valence-corrected chi connectivity index (χ0v) is 11.1. The Balaban J connectivity index is 2.94. The van der Waals surface area contributed by atoms with Crippen LogP contribution < -0.4 is 9.47 Å². The van der Waals surface area contributed by atoms with Crippen molar-refractivity contribution in [3.63, 3.8) is 0 Å². The van der Waals surface area contributed by atoms with Gasteiger partial charge in [-0.25, -0.2) is 4.39 Å². The molecule has 1 aromatic rings. The van der Waals surface area contributed by atoms with Gasteiger partial charge >= 0.3 is 5.97 Å². The Hall–Kier alpha value is -1.82. The maximum Gasteiger partial charge on any atom is 0.308 e. The summed E-state index contributed by atoms with van der Waals surface area (Å²) >= 11 is 0. The Labute approximate surface area is 110 Å². The third kappa shape index (κ3) is 3.82. The van der Waals surface area contributed by atoms with Gasteiger partial charge in [-0.1, -0.05) is 0 Å². The SMILES string of the molecule is CCOC(=O)CC(O)c1cc(F)c(OC)c(OC)c1. The molecule has 0 bridgehead atoms. The van der Waals surface area contributed by atoms with Gasteiger partial charge in [0.25, 0.3) is 0 Å². The van der Waals surface area contributed by atoms with Crippen LogP contribution in [0.5, 0.6) is 11.5 Å². The number of halogens is 1. The van der Waals surface area contributed by atoms with E-state index in [2.05, 4.69) is 0 Å². The fourth-order valence-corrected chi connectivity index (χ4v) is 1.63. The van der Waals surface area contributed by atoms with E-state index in [1.54, 1.807) is 6.92 Å². The molecule has 19 heavy (non-hydrogen) atoms. The first-order valence-corrected chi connectivity index (χ1v) is 5.78. The van der Waals surface area contributed by atoms with Gasteiger partial charge in [-0.3, -0.25) is 4.79 Å². The summed E-state index contributed by atoms with van der Waals surface area (Å²) in [6.45, 7) is 1.90. The maximum atomic E-state index is 13.7. The zero-order chi connectivity index (χ0) is 14.4. The molecule has 1 rings (SSSR count). The van der Waals surface area contributed by atoms with Crippen molar-refractivity contribution in [2.24, 2.45) is 0 Å². The standard InChI is InChI=1S/C13H17FO5/c1-4-19-12(16)7-10(15)8-5-9(14)13(18-3)11(6-8)17-2/h5-6,10,15H,4,7H2,1-3H3. The van der Waals surface area contributed by atoms with E-state index in [1.165, 1.54) is 20.3 Å². The van der Waals surface area contributed by atoms with E-state index in [0.717, 1.165) is 6.07 Å². The number of aliphatic hydroxyl groups excluding tert-OH is 1. The first-order valence-electron chi connectivity index (χ1n) is 5.78. The largest absolute Gasteiger partial charge is 0.493 e. The van der Waals surface area contributed by atoms with Crippen molar-refractivity contribution >= 4 is 5.97 Å². The van der Waals surface area contributed by atoms with Crippen molar-refractivity contribution in [2.75, 3.05) is 20.8 Å². The molecule has 6 heteroatoms. The number of aliphatic hydroxyl groups is 1. The summed E-state index contributed by atoms with van der Waals surface area (Å²) in [6, 6.07) is 2.52. The third-order valence-corrected chi connectivity index (χ3v) is 2.51. The van der Waals surface area contributed by atoms with Crippen LogP contribution in [0, 0.1) is 5.82 Å². The summed E-state index contributed by atoms with van der Waals surface area (Å²) < 4.78 is 28.2. The second-order valence-corrected chi connectivity index (χ2v) is 3.76. The topological polar surface area (TPSA) is 65.0 Å². The molecule has 5 nitrogen and oxygen atoms in total. The Kier molecular flexibility index (Phi) is 5.57. The molecule has 1 N–H and O–H groups in total. The van der Waals surface area contributed by atoms with E-state index in [1.807, 2.05) is 0 Å². The second kappa shape index (κ2) is 6.94. The molecule has 0 aromatic heterocycles. The fraction of sp³-hybridized carbons (Fsp3) is 0.462. The number of esters is 1. The van der Waals surface area contributed by atoms with Gasteiger partial charge in [0.05, 0.1) is 33.4 Å². The summed E-state index contributed by atoms with van der Waals surface area (Å²) in [5, 5.41) is 9.86. The van der Waals surface area contributed by atoms with Crippen LogP contribution in [0.3, 0.4) is 0 Å². The lowest BCUT2D eigenvalue weighted by Gasteiger charge is -2.14. The van der Waals surface area contributed by atoms with E-state index in [0.29, 0.717) is 0 Å². The molecule has 0 heterocycles. The molecule has 0 radical (unpaired) electrons. The van der Waals surface area contributed by atoms with Gasteiger partial charge in [-0.05, 0) is 24.6 Å². The van der Waals surface area contributed by atoms with Gasteiger partial charge < -0.3 is 19.3 Å². The predicted molar refractivity (Wildman–Crippen MR) is 65.7 cm³/mol. The molecule has 1 aromatic carbocycles. The van der Waals surface area contributed by atoms with Crippen molar-refractivity contribution in [2.45, 2.75) is 19.4 Å². The van der Waals surface area contributed by atoms with Crippen LogP contribution in [0.1, 0.15) is 25.0 Å². The number of carbonyl (C=O) groups excluding carboxylic acids is 1. The van der Waals surface area contributed by atoms with Crippen molar-refractivity contribution in [1.29, 1.82) is 0 Å². The quantitative estimate of drug-likeness (QED) is 0.800. The molecular formula is C13H17FO5. The Bertz CT molecular complexity index is 447. The summed E-state index contributed by atoms with van der Waals surface area (Å²) in [4.78, 5) is 11.3. The molecule has 0 aliphatic carbocycles. The van der Waals surface area contributed by atoms with E-state index < -0.39 is 17.9 Å². The van der Waals surface area contributed by atoms with Crippen LogP contribution in [0.4, 0.5) is 4.39 Å². The van der Waals surface area contributed by atoms with Crippen molar-refractivity contribution in [3.8, 4) is 11.5 Å². The molecule has 0 saturated heterocycles. The van der Waals surface area contributed by atoms with Crippen LogP contribution in [0.25, 0.3) is 0 Å². The van der Waals surface area contributed by atoms with Gasteiger partial charge in [0.1, 0.15) is 0 Å². The summed E-state index contributed by atoms with van der Waals surface area (Å²) in [6.07, 6.45) is -1.41. The predicted octanol–water partition coefficient (Wildman–Crippen LogP) is 1.83. The molecule has 0 aliphatic heterocycles. The minimum absolute atomic E-state index is 0.0467. The molecule has 0 aliphatic rings. The molecule has 1 unspecified atom stereocenters. The molecule has 0 saturated carbocycles. The number of benzene rings is 1. The Morgan fingerprint density at radius 3 is 2.58 bits per heavy atom. The van der Waals surface area contributed by atoms with Crippen LogP contribution in [0.2, 0.25) is 0 Å². The number of methoxy groups -OCH3 is 2. The highest BCUT2D eigenvalue weighted by molar-refractivity contribution is 5.70. The summed E-state index contributed by atoms with van der Waals surface area (Å²) in [7, 11) is 2.68. The van der Waals surface area contributed by atoms with Crippen molar-refractivity contribution < 1.29 is 28.5 Å². The summed E-state index contributed by atoms with van der Waals surface area (Å²) in [5.41, 5.74) is 0.225. The number of hydrogen-bond donors (Lipinski definition) is 1. The lowest BCUT2D eigenvalue weighted by atomic mass is 10.1. The fourth-order valence-electron chi connectivity index (χ4n) is 1.63. The van der Waals surface area contributed by atoms with E-state index in [-0.39, 0.29) is 30.1 Å². The van der Waals surface area contributed by atoms with Gasteiger partial charge in [0.15, 0.2) is 17.3 Å². The smallest absolute Gasteiger partial charge is 0.308 e. The number of ether oxygens (including phenoxy) is 3. The zero-order valence-electron chi connectivity index (χ0n) is 11.1. The normalized spacial score (nSPS) is 11.8. The Morgan fingerprint density at radius 2 is 2.05 bits per heavy atom. The minimum Gasteiger partial charge on any atom is -0.493 e. The first-order chi connectivity index (χ1) is 9.03. The Morgan fingerprint density at radius 1 is 1.37 bits per heavy atom. The molecule has 0 fully saturated rings.